The molecule has 0 aromatic rings. The number of carbonyl (C=O) groups excluding carboxylic acids is 1. The highest BCUT2D eigenvalue weighted by atomic mass is 16.5. The van der Waals surface area contributed by atoms with Crippen molar-refractivity contribution >= 4 is 5.91 Å². The zero-order valence-corrected chi connectivity index (χ0v) is 10.8. The van der Waals surface area contributed by atoms with E-state index >= 15 is 0 Å². The number of nitrogens with one attached hydrogen (secondary N) is 1. The number of carbonyl (C=O) groups is 1. The van der Waals surface area contributed by atoms with Crippen LogP contribution in [0.3, 0.4) is 0 Å². The van der Waals surface area contributed by atoms with Crippen LogP contribution in [0.5, 0.6) is 0 Å². The predicted octanol–water partition coefficient (Wildman–Crippen LogP) is 1.01. The monoisotopic (exact) mass is 240 g/mol. The van der Waals surface area contributed by atoms with Crippen molar-refractivity contribution in [3.8, 4) is 0 Å². The molecule has 2 rings (SSSR count). The van der Waals surface area contributed by atoms with E-state index in [1.54, 1.807) is 0 Å². The van der Waals surface area contributed by atoms with Crippen LogP contribution in [0.15, 0.2) is 0 Å². The molecule has 0 aromatic carbocycles. The summed E-state index contributed by atoms with van der Waals surface area (Å²) in [6.45, 7) is 3.37. The van der Waals surface area contributed by atoms with Crippen molar-refractivity contribution in [1.82, 2.24) is 10.2 Å². The maximum absolute atomic E-state index is 12.0. The number of hydrogen-bond donors (Lipinski definition) is 1. The number of amides is 1. The normalized spacial score (nSPS) is 26.1. The Labute approximate surface area is 104 Å². The minimum Gasteiger partial charge on any atom is -0.375 e. The summed E-state index contributed by atoms with van der Waals surface area (Å²) in [6.07, 6.45) is 5.85. The fourth-order valence-electron chi connectivity index (χ4n) is 2.78. The average molecular weight is 240 g/mol. The second-order valence-electron chi connectivity index (χ2n) is 5.33. The molecule has 2 aliphatic rings. The van der Waals surface area contributed by atoms with Crippen molar-refractivity contribution in [1.29, 1.82) is 0 Å². The third-order valence-electron chi connectivity index (χ3n) is 3.84. The summed E-state index contributed by atoms with van der Waals surface area (Å²) in [5.41, 5.74) is 0. The Morgan fingerprint density at radius 3 is 2.82 bits per heavy atom. The number of hydrogen-bond acceptors (Lipinski definition) is 3. The first-order valence-electron chi connectivity index (χ1n) is 6.82. The lowest BCUT2D eigenvalue weighted by Crippen LogP contribution is -2.42. The molecular weight excluding hydrogens is 216 g/mol. The standard InChI is InChI=1S/C13H24N2O2/c1-15(10-11-4-2-3-5-11)13(16)8-12-9-14-6-7-17-12/h11-12,14H,2-10H2,1H3. The largest absolute Gasteiger partial charge is 0.375 e. The van der Waals surface area contributed by atoms with Gasteiger partial charge in [0.1, 0.15) is 0 Å². The van der Waals surface area contributed by atoms with E-state index in [0.717, 1.165) is 32.2 Å². The predicted molar refractivity (Wildman–Crippen MR) is 66.8 cm³/mol. The molecule has 1 aliphatic carbocycles. The summed E-state index contributed by atoms with van der Waals surface area (Å²) in [6, 6.07) is 0. The van der Waals surface area contributed by atoms with Crippen LogP contribution in [0.4, 0.5) is 0 Å². The van der Waals surface area contributed by atoms with Crippen molar-refractivity contribution in [2.45, 2.75) is 38.2 Å². The van der Waals surface area contributed by atoms with Gasteiger partial charge in [0.25, 0.3) is 0 Å². The third-order valence-corrected chi connectivity index (χ3v) is 3.84. The van der Waals surface area contributed by atoms with E-state index in [0.29, 0.717) is 6.42 Å². The average Bonchev–Trinajstić information content (AvgIpc) is 2.83. The Balaban J connectivity index is 1.70. The van der Waals surface area contributed by atoms with Crippen molar-refractivity contribution < 1.29 is 9.53 Å². The molecule has 1 atom stereocenters. The Bertz CT molecular complexity index is 246. The van der Waals surface area contributed by atoms with Gasteiger partial charge in [0.05, 0.1) is 19.1 Å². The Hall–Kier alpha value is -0.610. The summed E-state index contributed by atoms with van der Waals surface area (Å²) in [5.74, 6) is 0.958. The molecule has 2 fully saturated rings. The highest BCUT2D eigenvalue weighted by molar-refractivity contribution is 5.76. The third kappa shape index (κ3) is 3.96. The molecule has 0 spiro atoms. The van der Waals surface area contributed by atoms with Gasteiger partial charge in [-0.25, -0.2) is 0 Å². The number of morpholine rings is 1. The molecule has 98 valence electrons. The first-order valence-corrected chi connectivity index (χ1v) is 6.82. The van der Waals surface area contributed by atoms with Crippen molar-refractivity contribution in [2.24, 2.45) is 5.92 Å². The molecule has 1 saturated carbocycles. The van der Waals surface area contributed by atoms with E-state index in [4.69, 9.17) is 4.74 Å². The van der Waals surface area contributed by atoms with E-state index in [1.807, 2.05) is 11.9 Å². The van der Waals surface area contributed by atoms with Gasteiger partial charge in [0.15, 0.2) is 0 Å². The van der Waals surface area contributed by atoms with Gasteiger partial charge in [-0.1, -0.05) is 12.8 Å². The van der Waals surface area contributed by atoms with Crippen LogP contribution in [-0.2, 0) is 9.53 Å². The molecule has 1 amide bonds. The molecule has 1 saturated heterocycles. The quantitative estimate of drug-likeness (QED) is 0.797. The molecular formula is C13H24N2O2. The van der Waals surface area contributed by atoms with E-state index < -0.39 is 0 Å². The molecule has 0 bridgehead atoms. The summed E-state index contributed by atoms with van der Waals surface area (Å²) >= 11 is 0. The fraction of sp³-hybridized carbons (Fsp3) is 0.923. The van der Waals surface area contributed by atoms with Gasteiger partial charge in [0, 0.05) is 26.7 Å². The fourth-order valence-corrected chi connectivity index (χ4v) is 2.78. The minimum atomic E-state index is 0.0716. The van der Waals surface area contributed by atoms with Crippen LogP contribution in [0.25, 0.3) is 0 Å². The second kappa shape index (κ2) is 6.36. The maximum Gasteiger partial charge on any atom is 0.224 e. The summed E-state index contributed by atoms with van der Waals surface area (Å²) in [7, 11) is 1.93. The first-order chi connectivity index (χ1) is 8.25. The minimum absolute atomic E-state index is 0.0716. The summed E-state index contributed by atoms with van der Waals surface area (Å²) in [4.78, 5) is 13.9. The molecule has 4 heteroatoms. The Kier molecular flexibility index (Phi) is 4.80. The molecule has 0 radical (unpaired) electrons. The smallest absolute Gasteiger partial charge is 0.224 e. The van der Waals surface area contributed by atoms with Gasteiger partial charge in [-0.3, -0.25) is 4.79 Å². The lowest BCUT2D eigenvalue weighted by atomic mass is 10.1. The summed E-state index contributed by atoms with van der Waals surface area (Å²) in [5, 5.41) is 3.26. The molecule has 1 aliphatic heterocycles. The molecule has 1 unspecified atom stereocenters. The number of ether oxygens (including phenoxy) is 1. The van der Waals surface area contributed by atoms with Gasteiger partial charge in [-0.15, -0.1) is 0 Å². The van der Waals surface area contributed by atoms with Gasteiger partial charge >= 0.3 is 0 Å². The number of nitrogens with zero attached hydrogens (tertiary/aromatic N) is 1. The zero-order valence-electron chi connectivity index (χ0n) is 10.8. The highest BCUT2D eigenvalue weighted by Gasteiger charge is 2.22. The number of rotatable bonds is 4. The van der Waals surface area contributed by atoms with Crippen LogP contribution in [0, 0.1) is 5.92 Å². The van der Waals surface area contributed by atoms with Crippen molar-refractivity contribution in [2.75, 3.05) is 33.3 Å². The van der Waals surface area contributed by atoms with Crippen LogP contribution in [-0.4, -0.2) is 50.2 Å². The van der Waals surface area contributed by atoms with Crippen LogP contribution in [0.2, 0.25) is 0 Å². The molecule has 0 aromatic heterocycles. The van der Waals surface area contributed by atoms with E-state index in [9.17, 15) is 4.79 Å². The Morgan fingerprint density at radius 2 is 2.18 bits per heavy atom. The topological polar surface area (TPSA) is 41.6 Å². The first kappa shape index (κ1) is 12.8. The van der Waals surface area contributed by atoms with Crippen LogP contribution in [0.1, 0.15) is 32.1 Å². The lowest BCUT2D eigenvalue weighted by molar-refractivity contribution is -0.134. The van der Waals surface area contributed by atoms with Crippen molar-refractivity contribution in [3.05, 3.63) is 0 Å². The maximum atomic E-state index is 12.0. The van der Waals surface area contributed by atoms with Gasteiger partial charge < -0.3 is 15.0 Å². The molecule has 1 N–H and O–H groups in total. The van der Waals surface area contributed by atoms with Gasteiger partial charge in [-0.2, -0.15) is 0 Å². The summed E-state index contributed by atoms with van der Waals surface area (Å²) < 4.78 is 5.56. The van der Waals surface area contributed by atoms with Crippen molar-refractivity contribution in [3.63, 3.8) is 0 Å². The van der Waals surface area contributed by atoms with Gasteiger partial charge in [0.2, 0.25) is 5.91 Å². The van der Waals surface area contributed by atoms with Gasteiger partial charge in [-0.05, 0) is 18.8 Å². The van der Waals surface area contributed by atoms with E-state index in [1.165, 1.54) is 25.7 Å². The zero-order chi connectivity index (χ0) is 12.1. The van der Waals surface area contributed by atoms with E-state index in [2.05, 4.69) is 5.32 Å². The molecule has 17 heavy (non-hydrogen) atoms. The Morgan fingerprint density at radius 1 is 1.41 bits per heavy atom. The molecule has 4 nitrogen and oxygen atoms in total. The SMILES string of the molecule is CN(CC1CCCC1)C(=O)CC1CNCCO1. The van der Waals surface area contributed by atoms with Crippen LogP contribution >= 0.6 is 0 Å². The lowest BCUT2D eigenvalue weighted by Gasteiger charge is -2.26. The molecule has 1 heterocycles. The van der Waals surface area contributed by atoms with E-state index in [-0.39, 0.29) is 12.0 Å². The highest BCUT2D eigenvalue weighted by Crippen LogP contribution is 2.25. The second-order valence-corrected chi connectivity index (χ2v) is 5.33. The van der Waals surface area contributed by atoms with Crippen LogP contribution < -0.4 is 5.32 Å².